The maximum Gasteiger partial charge on any atom is 0.343 e. The maximum absolute atomic E-state index is 13.1. The second-order valence-corrected chi connectivity index (χ2v) is 8.24. The van der Waals surface area contributed by atoms with Gasteiger partial charge in [-0.2, -0.15) is 0 Å². The number of nitrogens with one attached hydrogen (secondary N) is 1. The molecule has 0 radical (unpaired) electrons. The SMILES string of the molecule is CCOc1ccccc1OC(=O)c1ccc(NC2=C(Cl)C(=O)N(c3cc(Cl)ccc3OC)C2=O)cc1. The predicted octanol–water partition coefficient (Wildman–Crippen LogP) is 5.40. The van der Waals surface area contributed by atoms with Gasteiger partial charge in [0, 0.05) is 10.7 Å². The number of halogens is 2. The van der Waals surface area contributed by atoms with Crippen LogP contribution in [0, 0.1) is 0 Å². The molecule has 0 aliphatic carbocycles. The highest BCUT2D eigenvalue weighted by molar-refractivity contribution is 6.53. The van der Waals surface area contributed by atoms with E-state index in [2.05, 4.69) is 5.32 Å². The Labute approximate surface area is 217 Å². The van der Waals surface area contributed by atoms with Crippen molar-refractivity contribution in [3.8, 4) is 17.2 Å². The van der Waals surface area contributed by atoms with E-state index in [1.165, 1.54) is 25.3 Å². The number of imide groups is 1. The highest BCUT2D eigenvalue weighted by atomic mass is 35.5. The normalized spacial score (nSPS) is 13.2. The molecule has 184 valence electrons. The molecule has 36 heavy (non-hydrogen) atoms. The van der Waals surface area contributed by atoms with E-state index in [0.717, 1.165) is 4.90 Å². The lowest BCUT2D eigenvalue weighted by atomic mass is 10.2. The number of carbonyl (C=O) groups is 3. The number of ether oxygens (including phenoxy) is 3. The minimum Gasteiger partial charge on any atom is -0.495 e. The van der Waals surface area contributed by atoms with Crippen LogP contribution in [0.4, 0.5) is 11.4 Å². The van der Waals surface area contributed by atoms with Gasteiger partial charge in [-0.1, -0.05) is 35.3 Å². The van der Waals surface area contributed by atoms with E-state index in [9.17, 15) is 14.4 Å². The molecule has 0 bridgehead atoms. The Morgan fingerprint density at radius 2 is 1.61 bits per heavy atom. The number of benzene rings is 3. The third kappa shape index (κ3) is 5.00. The first-order valence-electron chi connectivity index (χ1n) is 10.8. The Balaban J connectivity index is 1.50. The third-order valence-corrected chi connectivity index (χ3v) is 5.74. The van der Waals surface area contributed by atoms with Crippen LogP contribution in [0.15, 0.2) is 77.5 Å². The zero-order valence-corrected chi connectivity index (χ0v) is 20.7. The molecule has 3 aromatic carbocycles. The van der Waals surface area contributed by atoms with Crippen molar-refractivity contribution < 1.29 is 28.6 Å². The second kappa shape index (κ2) is 10.7. The second-order valence-electron chi connectivity index (χ2n) is 7.42. The van der Waals surface area contributed by atoms with Gasteiger partial charge in [0.1, 0.15) is 16.5 Å². The van der Waals surface area contributed by atoms with E-state index < -0.39 is 17.8 Å². The van der Waals surface area contributed by atoms with Crippen molar-refractivity contribution in [1.29, 1.82) is 0 Å². The van der Waals surface area contributed by atoms with Gasteiger partial charge < -0.3 is 19.5 Å². The molecule has 1 heterocycles. The molecular formula is C26H20Cl2N2O6. The summed E-state index contributed by atoms with van der Waals surface area (Å²) in [6.45, 7) is 2.26. The van der Waals surface area contributed by atoms with Crippen molar-refractivity contribution in [2.75, 3.05) is 23.9 Å². The summed E-state index contributed by atoms with van der Waals surface area (Å²) in [6, 6.07) is 17.6. The molecule has 0 spiro atoms. The first-order chi connectivity index (χ1) is 17.3. The summed E-state index contributed by atoms with van der Waals surface area (Å²) >= 11 is 12.3. The largest absolute Gasteiger partial charge is 0.495 e. The van der Waals surface area contributed by atoms with Gasteiger partial charge in [0.05, 0.1) is 25.0 Å². The van der Waals surface area contributed by atoms with Crippen molar-refractivity contribution in [2.24, 2.45) is 0 Å². The molecule has 1 aliphatic rings. The Hall–Kier alpha value is -4.01. The Morgan fingerprint density at radius 3 is 2.28 bits per heavy atom. The highest BCUT2D eigenvalue weighted by Gasteiger charge is 2.40. The molecule has 2 amide bonds. The summed E-state index contributed by atoms with van der Waals surface area (Å²) in [5, 5.41) is 2.88. The van der Waals surface area contributed by atoms with Crippen LogP contribution in [0.3, 0.4) is 0 Å². The molecule has 0 saturated carbocycles. The fourth-order valence-corrected chi connectivity index (χ4v) is 3.85. The molecule has 0 fully saturated rings. The molecule has 0 unspecified atom stereocenters. The Bertz CT molecular complexity index is 1370. The number of hydrogen-bond acceptors (Lipinski definition) is 7. The number of carbonyl (C=O) groups excluding carboxylic acids is 3. The number of nitrogens with zero attached hydrogens (tertiary/aromatic N) is 1. The van der Waals surface area contributed by atoms with Gasteiger partial charge >= 0.3 is 5.97 Å². The van der Waals surface area contributed by atoms with Crippen LogP contribution in [-0.4, -0.2) is 31.5 Å². The standard InChI is InChI=1S/C26H20Cl2N2O6/c1-3-35-20-6-4-5-7-21(20)36-26(33)15-8-11-17(12-9-15)29-23-22(28)24(31)30(25(23)32)18-14-16(27)10-13-19(18)34-2/h4-14,29H,3H2,1-2H3. The monoisotopic (exact) mass is 526 g/mol. The van der Waals surface area contributed by atoms with Crippen LogP contribution in [0.5, 0.6) is 17.2 Å². The quantitative estimate of drug-likeness (QED) is 0.238. The van der Waals surface area contributed by atoms with Gasteiger partial charge in [-0.3, -0.25) is 9.59 Å². The molecule has 0 aromatic heterocycles. The van der Waals surface area contributed by atoms with Crippen molar-refractivity contribution in [3.63, 3.8) is 0 Å². The van der Waals surface area contributed by atoms with Crippen molar-refractivity contribution in [3.05, 3.63) is 88.0 Å². The summed E-state index contributed by atoms with van der Waals surface area (Å²) < 4.78 is 16.2. The number of methoxy groups -OCH3 is 1. The number of anilines is 2. The number of esters is 1. The van der Waals surface area contributed by atoms with Crippen LogP contribution < -0.4 is 24.4 Å². The van der Waals surface area contributed by atoms with Gasteiger partial charge in [0.25, 0.3) is 11.8 Å². The zero-order chi connectivity index (χ0) is 25.8. The zero-order valence-electron chi connectivity index (χ0n) is 19.2. The fraction of sp³-hybridized carbons (Fsp3) is 0.115. The van der Waals surface area contributed by atoms with E-state index in [1.54, 1.807) is 48.5 Å². The smallest absolute Gasteiger partial charge is 0.343 e. The highest BCUT2D eigenvalue weighted by Crippen LogP contribution is 2.37. The Morgan fingerprint density at radius 1 is 0.917 bits per heavy atom. The number of hydrogen-bond donors (Lipinski definition) is 1. The topological polar surface area (TPSA) is 94.2 Å². The molecule has 10 heteroatoms. The predicted molar refractivity (Wildman–Crippen MR) is 136 cm³/mol. The van der Waals surface area contributed by atoms with Crippen LogP contribution in [0.25, 0.3) is 0 Å². The van der Waals surface area contributed by atoms with E-state index in [4.69, 9.17) is 37.4 Å². The number of para-hydroxylation sites is 2. The average Bonchev–Trinajstić information content (AvgIpc) is 3.08. The van der Waals surface area contributed by atoms with Crippen LogP contribution in [-0.2, 0) is 9.59 Å². The van der Waals surface area contributed by atoms with E-state index in [0.29, 0.717) is 28.8 Å². The summed E-state index contributed by atoms with van der Waals surface area (Å²) in [7, 11) is 1.41. The first kappa shape index (κ1) is 25.1. The average molecular weight is 527 g/mol. The van der Waals surface area contributed by atoms with E-state index in [-0.39, 0.29) is 27.7 Å². The van der Waals surface area contributed by atoms with Crippen molar-refractivity contribution >= 4 is 52.4 Å². The van der Waals surface area contributed by atoms with E-state index in [1.807, 2.05) is 6.92 Å². The first-order valence-corrected chi connectivity index (χ1v) is 11.5. The summed E-state index contributed by atoms with van der Waals surface area (Å²) in [6.07, 6.45) is 0. The summed E-state index contributed by atoms with van der Waals surface area (Å²) in [5.41, 5.74) is 0.742. The minimum atomic E-state index is -0.724. The number of rotatable bonds is 8. The van der Waals surface area contributed by atoms with E-state index >= 15 is 0 Å². The van der Waals surface area contributed by atoms with Crippen LogP contribution in [0.1, 0.15) is 17.3 Å². The summed E-state index contributed by atoms with van der Waals surface area (Å²) in [5.74, 6) is -0.953. The molecule has 4 rings (SSSR count). The Kier molecular flexibility index (Phi) is 7.47. The van der Waals surface area contributed by atoms with Crippen LogP contribution in [0.2, 0.25) is 5.02 Å². The molecule has 8 nitrogen and oxygen atoms in total. The van der Waals surface area contributed by atoms with Gasteiger partial charge in [-0.15, -0.1) is 0 Å². The van der Waals surface area contributed by atoms with Crippen molar-refractivity contribution in [1.82, 2.24) is 0 Å². The van der Waals surface area contributed by atoms with Crippen LogP contribution >= 0.6 is 23.2 Å². The molecule has 0 saturated heterocycles. The number of amides is 2. The van der Waals surface area contributed by atoms with Gasteiger partial charge in [-0.25, -0.2) is 9.69 Å². The third-order valence-electron chi connectivity index (χ3n) is 5.15. The van der Waals surface area contributed by atoms with Gasteiger partial charge in [-0.05, 0) is 61.5 Å². The van der Waals surface area contributed by atoms with Gasteiger partial charge in [0.2, 0.25) is 0 Å². The molecule has 3 aromatic rings. The lowest BCUT2D eigenvalue weighted by Gasteiger charge is -2.18. The minimum absolute atomic E-state index is 0.121. The fourth-order valence-electron chi connectivity index (χ4n) is 3.47. The molecular weight excluding hydrogens is 507 g/mol. The lowest BCUT2D eigenvalue weighted by molar-refractivity contribution is -0.120. The molecule has 1 N–H and O–H groups in total. The molecule has 0 atom stereocenters. The van der Waals surface area contributed by atoms with Crippen molar-refractivity contribution in [2.45, 2.75) is 6.92 Å². The maximum atomic E-state index is 13.1. The summed E-state index contributed by atoms with van der Waals surface area (Å²) in [4.78, 5) is 39.4. The molecule has 1 aliphatic heterocycles. The van der Waals surface area contributed by atoms with Gasteiger partial charge in [0.15, 0.2) is 11.5 Å². The lowest BCUT2D eigenvalue weighted by Crippen LogP contribution is -2.32.